The van der Waals surface area contributed by atoms with Crippen molar-refractivity contribution in [2.24, 2.45) is 5.92 Å². The van der Waals surface area contributed by atoms with E-state index in [2.05, 4.69) is 16.7 Å². The van der Waals surface area contributed by atoms with Gasteiger partial charge in [-0.1, -0.05) is 30.4 Å². The molecule has 0 fully saturated rings. The lowest BCUT2D eigenvalue weighted by Crippen LogP contribution is -2.44. The number of amides is 2. The summed E-state index contributed by atoms with van der Waals surface area (Å²) in [6.07, 6.45) is 6.25. The van der Waals surface area contributed by atoms with Crippen LogP contribution in [-0.2, 0) is 16.0 Å². The van der Waals surface area contributed by atoms with Crippen LogP contribution in [0.25, 0.3) is 5.57 Å². The quantitative estimate of drug-likeness (QED) is 0.473. The molecule has 2 unspecified atom stereocenters. The minimum absolute atomic E-state index is 0.0925. The van der Waals surface area contributed by atoms with Crippen molar-refractivity contribution in [3.8, 4) is 6.07 Å². The first-order valence-corrected chi connectivity index (χ1v) is 10.5. The summed E-state index contributed by atoms with van der Waals surface area (Å²) in [7, 11) is 1.54. The Bertz CT molecular complexity index is 1100. The van der Waals surface area contributed by atoms with Gasteiger partial charge in [0, 0.05) is 25.1 Å². The van der Waals surface area contributed by atoms with Crippen molar-refractivity contribution in [2.45, 2.75) is 24.3 Å². The highest BCUT2D eigenvalue weighted by Gasteiger charge is 2.29. The zero-order valence-electron chi connectivity index (χ0n) is 17.4. The van der Waals surface area contributed by atoms with Crippen LogP contribution in [-0.4, -0.2) is 36.6 Å². The fraction of sp³-hybridized carbons (Fsp3) is 0.250. The van der Waals surface area contributed by atoms with E-state index in [4.69, 9.17) is 21.3 Å². The summed E-state index contributed by atoms with van der Waals surface area (Å²) in [6, 6.07) is 11.8. The Hall–Kier alpha value is -3.63. The molecule has 7 nitrogen and oxygen atoms in total. The van der Waals surface area contributed by atoms with E-state index in [1.807, 2.05) is 0 Å². The molecule has 1 aromatic carbocycles. The van der Waals surface area contributed by atoms with E-state index in [1.165, 1.54) is 7.05 Å². The number of aldehydes is 1. The average molecular weight is 452 g/mol. The number of carbonyl (C=O) groups is 3. The molecule has 3 atom stereocenters. The minimum atomic E-state index is -0.686. The smallest absolute Gasteiger partial charge is 0.229 e. The third kappa shape index (κ3) is 5.74. The van der Waals surface area contributed by atoms with Gasteiger partial charge in [-0.05, 0) is 36.2 Å². The van der Waals surface area contributed by atoms with Crippen LogP contribution in [0.1, 0.15) is 33.9 Å². The van der Waals surface area contributed by atoms with E-state index in [9.17, 15) is 14.4 Å². The molecule has 0 saturated heterocycles. The molecule has 1 aromatic heterocycles. The number of rotatable bonds is 8. The van der Waals surface area contributed by atoms with E-state index in [1.54, 1.807) is 54.6 Å². The van der Waals surface area contributed by atoms with Gasteiger partial charge in [-0.15, -0.1) is 11.6 Å². The number of allylic oxidation sites excluding steroid dienone is 3. The van der Waals surface area contributed by atoms with Crippen LogP contribution >= 0.6 is 11.6 Å². The van der Waals surface area contributed by atoms with Gasteiger partial charge in [-0.3, -0.25) is 14.4 Å². The standard InChI is InChI=1S/C24H22ClN3O4/c1-27-23(30)12-18(10-15-2-4-16(13-26)5-3-15)28-24(31)20-11-17(6-8-21(20)25)22-9-7-19(14-29)32-22/h2-9,11,14,18,20-21H,10,12H2,1H3,(H,27,30)(H,28,31)/t18-,20?,21?/m1/s1. The van der Waals surface area contributed by atoms with Crippen LogP contribution in [0.4, 0.5) is 0 Å². The number of furan rings is 1. The van der Waals surface area contributed by atoms with Crippen molar-refractivity contribution in [2.75, 3.05) is 7.05 Å². The molecule has 2 amide bonds. The zero-order chi connectivity index (χ0) is 23.1. The van der Waals surface area contributed by atoms with Gasteiger partial charge in [0.2, 0.25) is 11.8 Å². The first kappa shape index (κ1) is 23.0. The Balaban J connectivity index is 1.77. The van der Waals surface area contributed by atoms with Crippen LogP contribution < -0.4 is 10.6 Å². The van der Waals surface area contributed by atoms with E-state index in [0.29, 0.717) is 29.6 Å². The predicted molar refractivity (Wildman–Crippen MR) is 120 cm³/mol. The number of alkyl halides is 1. The number of nitrogens with zero attached hydrogens (tertiary/aromatic N) is 1. The maximum Gasteiger partial charge on any atom is 0.229 e. The fourth-order valence-electron chi connectivity index (χ4n) is 3.41. The normalized spacial score (nSPS) is 18.2. The Labute approximate surface area is 190 Å². The Kier molecular flexibility index (Phi) is 7.63. The van der Waals surface area contributed by atoms with Gasteiger partial charge in [-0.25, -0.2) is 0 Å². The highest BCUT2D eigenvalue weighted by molar-refractivity contribution is 6.24. The highest BCUT2D eigenvalue weighted by atomic mass is 35.5. The summed E-state index contributed by atoms with van der Waals surface area (Å²) in [4.78, 5) is 36.0. The molecule has 0 bridgehead atoms. The Morgan fingerprint density at radius 2 is 2.00 bits per heavy atom. The largest absolute Gasteiger partial charge is 0.453 e. The summed E-state index contributed by atoms with van der Waals surface area (Å²) in [5, 5.41) is 13.9. The summed E-state index contributed by atoms with van der Waals surface area (Å²) in [5.74, 6) is -0.560. The molecule has 3 rings (SSSR count). The van der Waals surface area contributed by atoms with E-state index >= 15 is 0 Å². The average Bonchev–Trinajstić information content (AvgIpc) is 3.29. The summed E-state index contributed by atoms with van der Waals surface area (Å²) < 4.78 is 5.44. The number of carbonyl (C=O) groups excluding carboxylic acids is 3. The molecule has 0 radical (unpaired) electrons. The van der Waals surface area contributed by atoms with Crippen molar-refractivity contribution in [1.82, 2.24) is 10.6 Å². The SMILES string of the molecule is CNC(=O)C[C@@H](Cc1ccc(C#N)cc1)NC(=O)C1C=C(c2ccc(C=O)o2)C=CC1Cl. The van der Waals surface area contributed by atoms with Crippen LogP contribution in [0.5, 0.6) is 0 Å². The van der Waals surface area contributed by atoms with Crippen molar-refractivity contribution in [3.05, 3.63) is 77.3 Å². The number of nitriles is 1. The van der Waals surface area contributed by atoms with E-state index in [-0.39, 0.29) is 24.0 Å². The van der Waals surface area contributed by atoms with Crippen LogP contribution in [0, 0.1) is 17.2 Å². The number of benzene rings is 1. The van der Waals surface area contributed by atoms with Gasteiger partial charge in [-0.2, -0.15) is 5.26 Å². The zero-order valence-corrected chi connectivity index (χ0v) is 18.1. The third-order valence-electron chi connectivity index (χ3n) is 5.11. The molecule has 0 aliphatic heterocycles. The molecule has 2 aromatic rings. The summed E-state index contributed by atoms with van der Waals surface area (Å²) in [5.41, 5.74) is 2.07. The van der Waals surface area contributed by atoms with Crippen molar-refractivity contribution < 1.29 is 18.8 Å². The molecule has 32 heavy (non-hydrogen) atoms. The fourth-order valence-corrected chi connectivity index (χ4v) is 3.67. The monoisotopic (exact) mass is 451 g/mol. The van der Waals surface area contributed by atoms with Crippen molar-refractivity contribution in [3.63, 3.8) is 0 Å². The number of hydrogen-bond donors (Lipinski definition) is 2. The summed E-state index contributed by atoms with van der Waals surface area (Å²) in [6.45, 7) is 0. The summed E-state index contributed by atoms with van der Waals surface area (Å²) >= 11 is 6.38. The van der Waals surface area contributed by atoms with E-state index in [0.717, 1.165) is 5.56 Å². The minimum Gasteiger partial charge on any atom is -0.453 e. The van der Waals surface area contributed by atoms with Gasteiger partial charge in [0.1, 0.15) is 5.76 Å². The molecule has 0 saturated carbocycles. The van der Waals surface area contributed by atoms with Gasteiger partial charge >= 0.3 is 0 Å². The number of hydrogen-bond acceptors (Lipinski definition) is 5. The Morgan fingerprint density at radius 1 is 1.25 bits per heavy atom. The van der Waals surface area contributed by atoms with E-state index < -0.39 is 17.3 Å². The van der Waals surface area contributed by atoms with Crippen LogP contribution in [0.15, 0.2) is 59.0 Å². The second kappa shape index (κ2) is 10.6. The maximum atomic E-state index is 13.1. The molecule has 164 valence electrons. The topological polar surface area (TPSA) is 112 Å². The third-order valence-corrected chi connectivity index (χ3v) is 5.53. The molecule has 1 aliphatic rings. The molecule has 1 heterocycles. The van der Waals surface area contributed by atoms with Crippen LogP contribution in [0.2, 0.25) is 0 Å². The molecule has 8 heteroatoms. The molecule has 2 N–H and O–H groups in total. The van der Waals surface area contributed by atoms with Gasteiger partial charge in [0.15, 0.2) is 12.0 Å². The first-order valence-electron chi connectivity index (χ1n) is 10.0. The molecule has 0 spiro atoms. The van der Waals surface area contributed by atoms with Crippen molar-refractivity contribution in [1.29, 1.82) is 5.26 Å². The van der Waals surface area contributed by atoms with Gasteiger partial charge in [0.05, 0.1) is 22.9 Å². The number of nitrogens with one attached hydrogen (secondary N) is 2. The van der Waals surface area contributed by atoms with Gasteiger partial charge in [0.25, 0.3) is 0 Å². The molecular weight excluding hydrogens is 430 g/mol. The first-order chi connectivity index (χ1) is 15.4. The second-order valence-electron chi connectivity index (χ2n) is 7.37. The lowest BCUT2D eigenvalue weighted by Gasteiger charge is -2.24. The lowest BCUT2D eigenvalue weighted by atomic mass is 9.93. The maximum absolute atomic E-state index is 13.1. The van der Waals surface area contributed by atoms with Crippen molar-refractivity contribution >= 4 is 35.3 Å². The predicted octanol–water partition coefficient (Wildman–Crippen LogP) is 3.00. The molecular formula is C24H22ClN3O4. The molecule has 1 aliphatic carbocycles. The van der Waals surface area contributed by atoms with Crippen LogP contribution in [0.3, 0.4) is 0 Å². The Morgan fingerprint density at radius 3 is 2.62 bits per heavy atom. The van der Waals surface area contributed by atoms with Gasteiger partial charge < -0.3 is 15.1 Å². The number of halogens is 1. The lowest BCUT2D eigenvalue weighted by molar-refractivity contribution is -0.125. The highest BCUT2D eigenvalue weighted by Crippen LogP contribution is 2.29. The second-order valence-corrected chi connectivity index (χ2v) is 7.87.